The first kappa shape index (κ1) is 13.5. The van der Waals surface area contributed by atoms with Gasteiger partial charge in [-0.25, -0.2) is 0 Å². The van der Waals surface area contributed by atoms with Crippen molar-refractivity contribution in [3.63, 3.8) is 0 Å². The fourth-order valence-electron chi connectivity index (χ4n) is 1.48. The number of thioether (sulfide) groups is 2. The topological polar surface area (TPSA) is 0 Å². The van der Waals surface area contributed by atoms with Crippen LogP contribution in [0.4, 0.5) is 0 Å². The van der Waals surface area contributed by atoms with Crippen molar-refractivity contribution in [2.24, 2.45) is 0 Å². The summed E-state index contributed by atoms with van der Waals surface area (Å²) in [6, 6.07) is 0. The molecule has 0 aromatic rings. The quantitative estimate of drug-likeness (QED) is 0.358. The van der Waals surface area contributed by atoms with Crippen LogP contribution in [0.2, 0.25) is 0 Å². The van der Waals surface area contributed by atoms with Crippen molar-refractivity contribution in [2.45, 2.75) is 22.1 Å². The number of rotatable bonds is 2. The van der Waals surface area contributed by atoms with Crippen molar-refractivity contribution >= 4 is 87.2 Å². The van der Waals surface area contributed by atoms with Crippen molar-refractivity contribution in [3.8, 4) is 0 Å². The minimum atomic E-state index is -0.0441. The molecule has 0 radical (unpaired) electrons. The second-order valence-corrected chi connectivity index (χ2v) is 15.6. The van der Waals surface area contributed by atoms with Gasteiger partial charge in [0.15, 0.2) is 0 Å². The Labute approximate surface area is 132 Å². The van der Waals surface area contributed by atoms with Gasteiger partial charge in [0.25, 0.3) is 0 Å². The van der Waals surface area contributed by atoms with Gasteiger partial charge >= 0.3 is 0 Å². The maximum absolute atomic E-state index is 3.60. The SMILES string of the molecule is BrC1(Br)C=CC(CC2C=CC(Br)(Br)S2)S1. The van der Waals surface area contributed by atoms with E-state index in [1.807, 2.05) is 23.5 Å². The molecular formula is C9H8Br4S2. The standard InChI is InChI=1S/C9H8Br4S2/c10-8(11)3-1-6(14-8)5-7-2-4-9(12,13)15-7/h1-4,6-7H,5H2. The Morgan fingerprint density at radius 3 is 1.53 bits per heavy atom. The van der Waals surface area contributed by atoms with Gasteiger partial charge < -0.3 is 0 Å². The van der Waals surface area contributed by atoms with E-state index in [2.05, 4.69) is 88.0 Å². The van der Waals surface area contributed by atoms with Gasteiger partial charge in [0, 0.05) is 10.5 Å². The Morgan fingerprint density at radius 2 is 1.27 bits per heavy atom. The fraction of sp³-hybridized carbons (Fsp3) is 0.556. The van der Waals surface area contributed by atoms with Gasteiger partial charge in [-0.15, -0.1) is 23.5 Å². The first-order valence-electron chi connectivity index (χ1n) is 4.36. The number of alkyl halides is 4. The van der Waals surface area contributed by atoms with Crippen molar-refractivity contribution in [2.75, 3.05) is 0 Å². The lowest BCUT2D eigenvalue weighted by Gasteiger charge is -2.18. The molecule has 0 amide bonds. The molecule has 0 fully saturated rings. The lowest BCUT2D eigenvalue weighted by molar-refractivity contribution is 0.911. The van der Waals surface area contributed by atoms with E-state index in [4.69, 9.17) is 0 Å². The van der Waals surface area contributed by atoms with E-state index >= 15 is 0 Å². The smallest absolute Gasteiger partial charge is 0.120 e. The molecule has 0 bridgehead atoms. The van der Waals surface area contributed by atoms with E-state index in [1.54, 1.807) is 0 Å². The fourth-order valence-corrected chi connectivity index (χ4v) is 7.14. The van der Waals surface area contributed by atoms with E-state index in [0.29, 0.717) is 10.5 Å². The molecule has 15 heavy (non-hydrogen) atoms. The van der Waals surface area contributed by atoms with E-state index in [9.17, 15) is 0 Å². The second kappa shape index (κ2) is 5.00. The average molecular weight is 500 g/mol. The molecule has 0 saturated carbocycles. The Hall–Kier alpha value is 2.10. The van der Waals surface area contributed by atoms with Crippen LogP contribution in [0, 0.1) is 0 Å². The summed E-state index contributed by atoms with van der Waals surface area (Å²) in [5.41, 5.74) is 0. The van der Waals surface area contributed by atoms with Gasteiger partial charge in [-0.1, -0.05) is 88.0 Å². The van der Waals surface area contributed by atoms with Crippen LogP contribution in [0.3, 0.4) is 0 Å². The van der Waals surface area contributed by atoms with Crippen LogP contribution in [0.15, 0.2) is 24.3 Å². The molecule has 84 valence electrons. The normalized spacial score (nSPS) is 36.3. The third-order valence-corrected chi connectivity index (χ3v) is 7.60. The number of halogens is 4. The largest absolute Gasteiger partial charge is 0.144 e. The highest BCUT2D eigenvalue weighted by Crippen LogP contribution is 2.53. The van der Waals surface area contributed by atoms with Crippen LogP contribution in [-0.4, -0.2) is 15.6 Å². The molecule has 2 aliphatic rings. The summed E-state index contributed by atoms with van der Waals surface area (Å²) in [6.07, 6.45) is 10.0. The van der Waals surface area contributed by atoms with Crippen molar-refractivity contribution < 1.29 is 0 Å². The molecule has 2 heterocycles. The van der Waals surface area contributed by atoms with Crippen LogP contribution in [0.1, 0.15) is 6.42 Å². The average Bonchev–Trinajstić information content (AvgIpc) is 2.56. The molecule has 0 saturated heterocycles. The number of hydrogen-bond acceptors (Lipinski definition) is 2. The molecule has 2 unspecified atom stereocenters. The van der Waals surface area contributed by atoms with Crippen molar-refractivity contribution in [1.29, 1.82) is 0 Å². The molecule has 0 nitrogen and oxygen atoms in total. The zero-order valence-corrected chi connectivity index (χ0v) is 15.5. The lowest BCUT2D eigenvalue weighted by atomic mass is 10.2. The summed E-state index contributed by atoms with van der Waals surface area (Å²) >= 11 is 18.2. The Bertz CT molecular complexity index is 281. The molecule has 6 heteroatoms. The predicted molar refractivity (Wildman–Crippen MR) is 86.8 cm³/mol. The summed E-state index contributed by atoms with van der Waals surface area (Å²) < 4.78 is -0.0882. The third kappa shape index (κ3) is 4.05. The van der Waals surface area contributed by atoms with Crippen LogP contribution in [0.5, 0.6) is 0 Å². The first-order valence-corrected chi connectivity index (χ1v) is 9.29. The molecular weight excluding hydrogens is 492 g/mol. The van der Waals surface area contributed by atoms with E-state index in [-0.39, 0.29) is 5.13 Å². The van der Waals surface area contributed by atoms with Crippen LogP contribution < -0.4 is 0 Å². The van der Waals surface area contributed by atoms with Crippen molar-refractivity contribution in [1.82, 2.24) is 0 Å². The summed E-state index contributed by atoms with van der Waals surface area (Å²) in [4.78, 5) is 0. The molecule has 2 rings (SSSR count). The second-order valence-electron chi connectivity index (χ2n) is 3.39. The first-order chi connectivity index (χ1) is 6.86. The summed E-state index contributed by atoms with van der Waals surface area (Å²) in [7, 11) is 0. The molecule has 2 aliphatic heterocycles. The molecule has 0 spiro atoms. The third-order valence-electron chi connectivity index (χ3n) is 2.09. The maximum Gasteiger partial charge on any atom is 0.144 e. The van der Waals surface area contributed by atoms with Gasteiger partial charge in [0.05, 0.1) is 0 Å². The van der Waals surface area contributed by atoms with E-state index < -0.39 is 0 Å². The zero-order chi connectivity index (χ0) is 11.1. The van der Waals surface area contributed by atoms with Crippen LogP contribution in [0.25, 0.3) is 0 Å². The van der Waals surface area contributed by atoms with Gasteiger partial charge in [-0.3, -0.25) is 0 Å². The monoisotopic (exact) mass is 496 g/mol. The summed E-state index contributed by atoms with van der Waals surface area (Å²) in [6.45, 7) is 0. The summed E-state index contributed by atoms with van der Waals surface area (Å²) in [5.74, 6) is 0. The van der Waals surface area contributed by atoms with Gasteiger partial charge in [0.1, 0.15) is 5.13 Å². The van der Waals surface area contributed by atoms with E-state index in [1.165, 1.54) is 6.42 Å². The van der Waals surface area contributed by atoms with Crippen LogP contribution >= 0.6 is 87.2 Å². The molecule has 2 atom stereocenters. The molecule has 0 aromatic carbocycles. The highest BCUT2D eigenvalue weighted by Gasteiger charge is 2.35. The highest BCUT2D eigenvalue weighted by atomic mass is 79.9. The predicted octanol–water partition coefficient (Wildman–Crippen LogP) is 5.61. The minimum Gasteiger partial charge on any atom is -0.120 e. The minimum absolute atomic E-state index is 0.0441. The lowest BCUT2D eigenvalue weighted by Crippen LogP contribution is -2.09. The summed E-state index contributed by atoms with van der Waals surface area (Å²) in [5, 5.41) is 1.17. The Kier molecular flexibility index (Phi) is 4.51. The highest BCUT2D eigenvalue weighted by molar-refractivity contribution is 9.28. The van der Waals surface area contributed by atoms with Gasteiger partial charge in [0.2, 0.25) is 0 Å². The maximum atomic E-state index is 3.60. The Morgan fingerprint density at radius 1 is 0.867 bits per heavy atom. The Balaban J connectivity index is 1.86. The molecule has 0 aromatic heterocycles. The molecule has 0 aliphatic carbocycles. The van der Waals surface area contributed by atoms with Gasteiger partial charge in [-0.05, 0) is 6.42 Å². The zero-order valence-electron chi connectivity index (χ0n) is 7.50. The number of hydrogen-bond donors (Lipinski definition) is 0. The van der Waals surface area contributed by atoms with Crippen LogP contribution in [-0.2, 0) is 0 Å². The molecule has 0 N–H and O–H groups in total. The van der Waals surface area contributed by atoms with E-state index in [0.717, 1.165) is 0 Å². The van der Waals surface area contributed by atoms with Crippen molar-refractivity contribution in [3.05, 3.63) is 24.3 Å². The van der Waals surface area contributed by atoms with Gasteiger partial charge in [-0.2, -0.15) is 0 Å².